The van der Waals surface area contributed by atoms with Gasteiger partial charge in [-0.25, -0.2) is 9.18 Å². The van der Waals surface area contributed by atoms with Crippen molar-refractivity contribution in [2.24, 2.45) is 5.73 Å². The van der Waals surface area contributed by atoms with Crippen LogP contribution in [0.2, 0.25) is 0 Å². The Bertz CT molecular complexity index is 1290. The minimum absolute atomic E-state index is 0.0161. The summed E-state index contributed by atoms with van der Waals surface area (Å²) in [5.74, 6) is -1.44. The summed E-state index contributed by atoms with van der Waals surface area (Å²) in [6, 6.07) is 5.30. The van der Waals surface area contributed by atoms with Crippen LogP contribution in [0.4, 0.5) is 35.5 Å². The first-order valence-corrected chi connectivity index (χ1v) is 12.4. The normalized spacial score (nSPS) is 19.9. The van der Waals surface area contributed by atoms with Gasteiger partial charge in [-0.15, -0.1) is 0 Å². The van der Waals surface area contributed by atoms with Crippen molar-refractivity contribution in [3.8, 4) is 0 Å². The Morgan fingerprint density at radius 2 is 1.63 bits per heavy atom. The molecule has 2 aliphatic rings. The van der Waals surface area contributed by atoms with Crippen LogP contribution in [0.15, 0.2) is 42.5 Å². The molecule has 0 radical (unpaired) electrons. The van der Waals surface area contributed by atoms with Gasteiger partial charge >= 0.3 is 18.4 Å². The van der Waals surface area contributed by atoms with Crippen molar-refractivity contribution in [2.75, 3.05) is 19.6 Å². The Morgan fingerprint density at radius 3 is 2.22 bits per heavy atom. The molecule has 0 bridgehead atoms. The number of carbonyl (C=O) groups is 3. The SMILES string of the molecule is NCC[C@H]1C(=O)N(Cc2cccc(F)c2)C[C@@H]2N(C(=O)OCc3cc(C(F)(F)F)cc(C(F)(F)F)c3)CCC(=O)N21. The van der Waals surface area contributed by atoms with Crippen LogP contribution in [0.1, 0.15) is 35.1 Å². The number of nitrogens with two attached hydrogens (primary N) is 1. The second-order valence-corrected chi connectivity index (χ2v) is 9.64. The average Bonchev–Trinajstić information content (AvgIpc) is 2.88. The number of fused-ring (bicyclic) bond motifs is 1. The van der Waals surface area contributed by atoms with E-state index in [9.17, 15) is 45.1 Å². The van der Waals surface area contributed by atoms with Crippen molar-refractivity contribution in [1.29, 1.82) is 0 Å². The van der Waals surface area contributed by atoms with Crippen LogP contribution in [-0.2, 0) is 39.8 Å². The average molecular weight is 590 g/mol. The molecule has 2 aromatic rings. The first kappa shape index (κ1) is 30.1. The lowest BCUT2D eigenvalue weighted by atomic mass is 10.0. The van der Waals surface area contributed by atoms with Crippen LogP contribution in [0, 0.1) is 5.82 Å². The highest BCUT2D eigenvalue weighted by Crippen LogP contribution is 2.36. The molecule has 0 spiro atoms. The summed E-state index contributed by atoms with van der Waals surface area (Å²) in [5, 5.41) is 0. The number of piperazine rings is 1. The molecule has 3 amide bonds. The van der Waals surface area contributed by atoms with Crippen LogP contribution in [0.25, 0.3) is 0 Å². The minimum Gasteiger partial charge on any atom is -0.444 e. The predicted molar refractivity (Wildman–Crippen MR) is 128 cm³/mol. The van der Waals surface area contributed by atoms with E-state index >= 15 is 0 Å². The van der Waals surface area contributed by atoms with Crippen molar-refractivity contribution >= 4 is 17.9 Å². The number of hydrogen-bond donors (Lipinski definition) is 1. The van der Waals surface area contributed by atoms with Crippen LogP contribution in [0.5, 0.6) is 0 Å². The van der Waals surface area contributed by atoms with Crippen molar-refractivity contribution in [3.05, 3.63) is 70.5 Å². The fourth-order valence-electron chi connectivity index (χ4n) is 4.96. The number of hydrogen-bond acceptors (Lipinski definition) is 5. The third-order valence-electron chi connectivity index (χ3n) is 6.80. The topological polar surface area (TPSA) is 96.2 Å². The van der Waals surface area contributed by atoms with Gasteiger partial charge in [0.25, 0.3) is 0 Å². The summed E-state index contributed by atoms with van der Waals surface area (Å²) < 4.78 is 98.1. The molecule has 222 valence electrons. The van der Waals surface area contributed by atoms with Gasteiger partial charge in [0, 0.05) is 19.5 Å². The zero-order valence-electron chi connectivity index (χ0n) is 21.3. The summed E-state index contributed by atoms with van der Waals surface area (Å²) in [4.78, 5) is 42.9. The van der Waals surface area contributed by atoms with E-state index in [0.29, 0.717) is 17.7 Å². The maximum atomic E-state index is 13.7. The van der Waals surface area contributed by atoms with Gasteiger partial charge in [0.1, 0.15) is 24.6 Å². The number of halogens is 7. The molecule has 2 aliphatic heterocycles. The van der Waals surface area contributed by atoms with Crippen molar-refractivity contribution in [1.82, 2.24) is 14.7 Å². The first-order valence-electron chi connectivity index (χ1n) is 12.4. The standard InChI is InChI=1S/C26H25F7N4O4/c27-19-3-1-2-15(10-19)12-35-13-21-36(7-5-22(38)37(21)20(4-6-34)23(35)39)24(40)41-14-16-8-17(25(28,29)30)11-18(9-16)26(31,32)33/h1-3,8-11,20-21H,4-7,12-14,34H2/t20-,21+/m0/s1. The van der Waals surface area contributed by atoms with E-state index in [1.807, 2.05) is 0 Å². The van der Waals surface area contributed by atoms with Gasteiger partial charge in [-0.1, -0.05) is 12.1 Å². The second kappa shape index (κ2) is 11.5. The third kappa shape index (κ3) is 6.72. The van der Waals surface area contributed by atoms with E-state index in [1.54, 1.807) is 6.07 Å². The van der Waals surface area contributed by atoms with E-state index in [1.165, 1.54) is 28.0 Å². The Hall–Kier alpha value is -3.88. The fraction of sp³-hybridized carbons (Fsp3) is 0.423. The largest absolute Gasteiger partial charge is 0.444 e. The van der Waals surface area contributed by atoms with Crippen LogP contribution >= 0.6 is 0 Å². The van der Waals surface area contributed by atoms with Crippen LogP contribution < -0.4 is 5.73 Å². The number of amides is 3. The highest BCUT2D eigenvalue weighted by Gasteiger charge is 2.49. The molecule has 2 fully saturated rings. The smallest absolute Gasteiger partial charge is 0.416 e. The predicted octanol–water partition coefficient (Wildman–Crippen LogP) is 4.12. The van der Waals surface area contributed by atoms with Gasteiger partial charge in [0.15, 0.2) is 0 Å². The van der Waals surface area contributed by atoms with Gasteiger partial charge < -0.3 is 20.3 Å². The van der Waals surface area contributed by atoms with Gasteiger partial charge in [0.05, 0.1) is 17.7 Å². The number of alkyl halides is 6. The fourth-order valence-corrected chi connectivity index (χ4v) is 4.96. The number of nitrogens with zero attached hydrogens (tertiary/aromatic N) is 3. The Balaban J connectivity index is 1.57. The number of rotatable bonds is 6. The molecule has 0 aliphatic carbocycles. The lowest BCUT2D eigenvalue weighted by Gasteiger charge is -2.51. The molecule has 0 aromatic heterocycles. The molecule has 41 heavy (non-hydrogen) atoms. The summed E-state index contributed by atoms with van der Waals surface area (Å²) in [6.45, 7) is -1.32. The summed E-state index contributed by atoms with van der Waals surface area (Å²) >= 11 is 0. The summed E-state index contributed by atoms with van der Waals surface area (Å²) in [7, 11) is 0. The quantitative estimate of drug-likeness (QED) is 0.511. The molecule has 8 nitrogen and oxygen atoms in total. The van der Waals surface area contributed by atoms with E-state index in [0.717, 1.165) is 4.90 Å². The Labute approximate surface area is 229 Å². The molecule has 0 saturated carbocycles. The van der Waals surface area contributed by atoms with Crippen LogP contribution in [0.3, 0.4) is 0 Å². The molecule has 2 heterocycles. The molecular formula is C26H25F7N4O4. The number of benzene rings is 2. The van der Waals surface area contributed by atoms with Crippen molar-refractivity contribution in [3.63, 3.8) is 0 Å². The van der Waals surface area contributed by atoms with E-state index in [4.69, 9.17) is 10.5 Å². The van der Waals surface area contributed by atoms with Gasteiger partial charge in [-0.05, 0) is 54.4 Å². The maximum Gasteiger partial charge on any atom is 0.416 e. The highest BCUT2D eigenvalue weighted by molar-refractivity contribution is 5.90. The molecule has 0 unspecified atom stereocenters. The number of carbonyl (C=O) groups excluding carboxylic acids is 3. The van der Waals surface area contributed by atoms with Crippen molar-refractivity contribution < 1.29 is 49.9 Å². The zero-order valence-corrected chi connectivity index (χ0v) is 21.3. The monoisotopic (exact) mass is 590 g/mol. The number of ether oxygens (including phenoxy) is 1. The molecule has 4 rings (SSSR count). The first-order chi connectivity index (χ1) is 19.2. The lowest BCUT2D eigenvalue weighted by molar-refractivity contribution is -0.168. The third-order valence-corrected chi connectivity index (χ3v) is 6.80. The van der Waals surface area contributed by atoms with Gasteiger partial charge in [-0.2, -0.15) is 26.3 Å². The molecule has 2 N–H and O–H groups in total. The van der Waals surface area contributed by atoms with E-state index in [-0.39, 0.29) is 45.1 Å². The minimum atomic E-state index is -5.08. The highest BCUT2D eigenvalue weighted by atomic mass is 19.4. The Morgan fingerprint density at radius 1 is 0.976 bits per heavy atom. The molecule has 2 aromatic carbocycles. The zero-order chi connectivity index (χ0) is 30.1. The molecule has 15 heteroatoms. The van der Waals surface area contributed by atoms with Crippen molar-refractivity contribution in [2.45, 2.75) is 50.6 Å². The summed E-state index contributed by atoms with van der Waals surface area (Å²) in [6.07, 6.45) is -12.5. The lowest BCUT2D eigenvalue weighted by Crippen LogP contribution is -2.71. The molecular weight excluding hydrogens is 565 g/mol. The molecule has 2 atom stereocenters. The Kier molecular flexibility index (Phi) is 8.47. The summed E-state index contributed by atoms with van der Waals surface area (Å²) in [5.41, 5.74) is 2.46. The van der Waals surface area contributed by atoms with Gasteiger partial charge in [-0.3, -0.25) is 14.5 Å². The van der Waals surface area contributed by atoms with E-state index < -0.39 is 71.6 Å². The van der Waals surface area contributed by atoms with Crippen LogP contribution in [-0.4, -0.2) is 64.4 Å². The molecule has 2 saturated heterocycles. The second-order valence-electron chi connectivity index (χ2n) is 9.64. The van der Waals surface area contributed by atoms with Gasteiger partial charge in [0.2, 0.25) is 11.8 Å². The maximum absolute atomic E-state index is 13.7. The van der Waals surface area contributed by atoms with E-state index in [2.05, 4.69) is 0 Å².